The smallest absolute Gasteiger partial charge is 0.358 e. The molecule has 2 saturated heterocycles. The predicted octanol–water partition coefficient (Wildman–Crippen LogP) is 8.96. The molecule has 3 aliphatic heterocycles. The normalized spacial score (nSPS) is 17.1. The topological polar surface area (TPSA) is 190 Å². The minimum atomic E-state index is -0.757. The number of pyridine rings is 1. The van der Waals surface area contributed by atoms with Crippen LogP contribution < -0.4 is 25.6 Å². The van der Waals surface area contributed by atoms with E-state index in [1.165, 1.54) is 11.3 Å². The van der Waals surface area contributed by atoms with Gasteiger partial charge < -0.3 is 19.7 Å². The molecule has 2 atom stereocenters. The molecule has 1 unspecified atom stereocenters. The van der Waals surface area contributed by atoms with Gasteiger partial charge >= 0.3 is 5.97 Å². The van der Waals surface area contributed by atoms with E-state index in [2.05, 4.69) is 41.9 Å². The summed E-state index contributed by atoms with van der Waals surface area (Å²) >= 11 is 1.44. The zero-order valence-electron chi connectivity index (χ0n) is 41.7. The Morgan fingerprint density at radius 1 is 0.877 bits per heavy atom. The number of thiazole rings is 1. The summed E-state index contributed by atoms with van der Waals surface area (Å²) in [6.45, 7) is 11.0. The lowest BCUT2D eigenvalue weighted by Crippen LogP contribution is -2.39. The standard InChI is InChI=1S/C56H59N9O7S/c1-33-36(14-10-19-44(33)71-29-11-12-34-25-27-64(30-34)32-48(67)57-43-18-9-16-39-49(62-63(5)51(39)43)40-22-24-47(66)60-53(40)69)37-21-23-46(59-50(37)54(70)72-56(2,3)4)65-28-26-35-13-8-15-38(41(35)31-65)52(68)61-55-58-42-17-6-7-20-45(42)73-55/h6-10,13-21,23,34,40H,11-12,22,24-32H2,1-5H3,(H,57,67)(H,58,61,68)(H,60,66,69)/t34-,40?/m0/s1. The van der Waals surface area contributed by atoms with Gasteiger partial charge in [-0.1, -0.05) is 59.9 Å². The van der Waals surface area contributed by atoms with E-state index in [1.807, 2.05) is 113 Å². The minimum absolute atomic E-state index is 0.121. The maximum absolute atomic E-state index is 14.1. The van der Waals surface area contributed by atoms with Crippen LogP contribution in [-0.4, -0.2) is 92.6 Å². The summed E-state index contributed by atoms with van der Waals surface area (Å²) in [7, 11) is 1.79. The minimum Gasteiger partial charge on any atom is -0.493 e. The number of rotatable bonds is 14. The van der Waals surface area contributed by atoms with Crippen LogP contribution in [0.5, 0.6) is 5.75 Å². The molecule has 3 aliphatic rings. The number of likely N-dealkylation sites (tertiary alicyclic amines) is 1. The molecule has 0 aliphatic carbocycles. The molecule has 6 heterocycles. The first kappa shape index (κ1) is 49.1. The number of imide groups is 1. The van der Waals surface area contributed by atoms with Crippen molar-refractivity contribution in [1.82, 2.24) is 30.0 Å². The van der Waals surface area contributed by atoms with Gasteiger partial charge in [-0.3, -0.25) is 39.4 Å². The van der Waals surface area contributed by atoms with Crippen molar-refractivity contribution in [3.8, 4) is 16.9 Å². The molecular weight excluding hydrogens is 943 g/mol. The van der Waals surface area contributed by atoms with Crippen LogP contribution in [0.3, 0.4) is 0 Å². The van der Waals surface area contributed by atoms with Gasteiger partial charge in [0.25, 0.3) is 5.91 Å². The molecule has 376 valence electrons. The van der Waals surface area contributed by atoms with Crippen molar-refractivity contribution < 1.29 is 33.4 Å². The highest BCUT2D eigenvalue weighted by molar-refractivity contribution is 7.22. The average Bonchev–Trinajstić information content (AvgIpc) is 4.09. The maximum Gasteiger partial charge on any atom is 0.358 e. The Labute approximate surface area is 427 Å². The third-order valence-electron chi connectivity index (χ3n) is 13.9. The van der Waals surface area contributed by atoms with Crippen molar-refractivity contribution >= 4 is 78.7 Å². The summed E-state index contributed by atoms with van der Waals surface area (Å²) in [6.07, 6.45) is 4.10. The second kappa shape index (κ2) is 20.5. The van der Waals surface area contributed by atoms with Gasteiger partial charge in [0, 0.05) is 49.6 Å². The number of hydrogen-bond acceptors (Lipinski definition) is 13. The SMILES string of the molecule is Cc1c(OCCC[C@H]2CCN(CC(=O)Nc3cccc4c(C5CCC(=O)NC5=O)nn(C)c34)C2)cccc1-c1ccc(N2CCc3cccc(C(=O)Nc4nc5ccccc5s4)c3C2)nc1C(=O)OC(C)(C)C. The molecule has 4 amide bonds. The monoisotopic (exact) mass is 1000 g/mol. The van der Waals surface area contributed by atoms with Gasteiger partial charge in [-0.2, -0.15) is 5.10 Å². The van der Waals surface area contributed by atoms with Crippen molar-refractivity contribution in [3.63, 3.8) is 0 Å². The summed E-state index contributed by atoms with van der Waals surface area (Å²) in [4.78, 5) is 79.6. The molecule has 2 fully saturated rings. The van der Waals surface area contributed by atoms with E-state index in [4.69, 9.17) is 14.5 Å². The molecule has 3 aromatic heterocycles. The number of para-hydroxylation sites is 2. The van der Waals surface area contributed by atoms with E-state index >= 15 is 0 Å². The third kappa shape index (κ3) is 10.7. The van der Waals surface area contributed by atoms with Crippen LogP contribution in [0.2, 0.25) is 0 Å². The lowest BCUT2D eigenvalue weighted by atomic mass is 9.92. The largest absolute Gasteiger partial charge is 0.493 e. The molecular formula is C56H59N9O7S. The van der Waals surface area contributed by atoms with Crippen LogP contribution >= 0.6 is 11.3 Å². The summed E-state index contributed by atoms with van der Waals surface area (Å²) in [5, 5.41) is 14.5. The van der Waals surface area contributed by atoms with E-state index in [1.54, 1.807) is 11.7 Å². The molecule has 73 heavy (non-hydrogen) atoms. The number of esters is 1. The van der Waals surface area contributed by atoms with Crippen molar-refractivity contribution in [2.45, 2.75) is 84.3 Å². The Morgan fingerprint density at radius 3 is 2.52 bits per heavy atom. The average molecular weight is 1000 g/mol. The van der Waals surface area contributed by atoms with Gasteiger partial charge in [-0.05, 0) is 137 Å². The summed E-state index contributed by atoms with van der Waals surface area (Å²) in [6, 6.07) is 28.9. The van der Waals surface area contributed by atoms with Gasteiger partial charge in [-0.25, -0.2) is 14.8 Å². The quantitative estimate of drug-likeness (QED) is 0.0534. The lowest BCUT2D eigenvalue weighted by Gasteiger charge is -2.31. The zero-order valence-corrected chi connectivity index (χ0v) is 42.6. The number of anilines is 3. The van der Waals surface area contributed by atoms with E-state index in [-0.39, 0.29) is 42.3 Å². The summed E-state index contributed by atoms with van der Waals surface area (Å²) < 4.78 is 15.1. The fourth-order valence-corrected chi connectivity index (χ4v) is 11.2. The fourth-order valence-electron chi connectivity index (χ4n) is 10.4. The van der Waals surface area contributed by atoms with Crippen molar-refractivity contribution in [2.75, 3.05) is 48.3 Å². The summed E-state index contributed by atoms with van der Waals surface area (Å²) in [5.41, 5.74) is 7.15. The Balaban J connectivity index is 0.767. The number of ether oxygens (including phenoxy) is 2. The van der Waals surface area contributed by atoms with E-state index < -0.39 is 17.5 Å². The van der Waals surface area contributed by atoms with Gasteiger partial charge in [0.2, 0.25) is 17.7 Å². The van der Waals surface area contributed by atoms with E-state index in [0.29, 0.717) is 71.9 Å². The van der Waals surface area contributed by atoms with Gasteiger partial charge in [0.05, 0.1) is 46.2 Å². The third-order valence-corrected chi connectivity index (χ3v) is 14.8. The predicted molar refractivity (Wildman–Crippen MR) is 282 cm³/mol. The molecule has 10 rings (SSSR count). The first-order valence-electron chi connectivity index (χ1n) is 25.0. The highest BCUT2D eigenvalue weighted by atomic mass is 32.1. The Morgan fingerprint density at radius 2 is 1.70 bits per heavy atom. The lowest BCUT2D eigenvalue weighted by molar-refractivity contribution is -0.134. The van der Waals surface area contributed by atoms with Crippen molar-refractivity contribution in [3.05, 3.63) is 125 Å². The number of amides is 4. The first-order chi connectivity index (χ1) is 35.2. The fraction of sp³-hybridized carbons (Fsp3) is 0.357. The number of benzene rings is 4. The molecule has 4 aromatic carbocycles. The van der Waals surface area contributed by atoms with Crippen LogP contribution in [-0.2, 0) is 39.1 Å². The Bertz CT molecular complexity index is 3270. The van der Waals surface area contributed by atoms with Gasteiger partial charge in [0.15, 0.2) is 10.8 Å². The molecule has 3 N–H and O–H groups in total. The number of fused-ring (bicyclic) bond motifs is 3. The van der Waals surface area contributed by atoms with Crippen molar-refractivity contribution in [1.29, 1.82) is 0 Å². The van der Waals surface area contributed by atoms with Crippen LogP contribution in [0.25, 0.3) is 32.2 Å². The van der Waals surface area contributed by atoms with E-state index in [9.17, 15) is 24.0 Å². The number of aromatic nitrogens is 4. The molecule has 0 saturated carbocycles. The van der Waals surface area contributed by atoms with E-state index in [0.717, 1.165) is 81.5 Å². The number of carbonyl (C=O) groups excluding carboxylic acids is 5. The Kier molecular flexibility index (Phi) is 13.8. The zero-order chi connectivity index (χ0) is 51.0. The van der Waals surface area contributed by atoms with Gasteiger partial charge in [-0.15, -0.1) is 0 Å². The summed E-state index contributed by atoms with van der Waals surface area (Å²) in [5.74, 6) is -0.278. The maximum atomic E-state index is 14.1. The highest BCUT2D eigenvalue weighted by Crippen LogP contribution is 2.37. The number of hydrogen-bond donors (Lipinski definition) is 3. The van der Waals surface area contributed by atoms with Crippen LogP contribution in [0, 0.1) is 12.8 Å². The number of nitrogens with zero attached hydrogens (tertiary/aromatic N) is 6. The molecule has 0 spiro atoms. The molecule has 16 nitrogen and oxygen atoms in total. The molecule has 17 heteroatoms. The van der Waals surface area contributed by atoms with Gasteiger partial charge in [0.1, 0.15) is 17.2 Å². The number of carbonyl (C=O) groups is 5. The second-order valence-corrected chi connectivity index (χ2v) is 21.2. The second-order valence-electron chi connectivity index (χ2n) is 20.2. The molecule has 0 radical (unpaired) electrons. The first-order valence-corrected chi connectivity index (χ1v) is 25.8. The number of aryl methyl sites for hydroxylation is 1. The van der Waals surface area contributed by atoms with Crippen LogP contribution in [0.15, 0.2) is 91.0 Å². The van der Waals surface area contributed by atoms with Crippen LogP contribution in [0.1, 0.15) is 102 Å². The van der Waals surface area contributed by atoms with Crippen molar-refractivity contribution in [2.24, 2.45) is 13.0 Å². The molecule has 0 bridgehead atoms. The highest BCUT2D eigenvalue weighted by Gasteiger charge is 2.33. The Hall–Kier alpha value is -7.50. The number of nitrogens with one attached hydrogen (secondary N) is 3. The molecule has 7 aromatic rings. The van der Waals surface area contributed by atoms with Crippen LogP contribution in [0.4, 0.5) is 16.6 Å². The number of piperidine rings is 1.